The van der Waals surface area contributed by atoms with Crippen molar-refractivity contribution in [3.8, 4) is 0 Å². The number of hydrogen-bond donors (Lipinski definition) is 1. The maximum Gasteiger partial charge on any atom is 0.135 e. The van der Waals surface area contributed by atoms with Crippen molar-refractivity contribution in [3.05, 3.63) is 29.6 Å². The standard InChI is InChI=1S/C10H11N3/c1-6-3-4-8-9(5-6)12-7(2)13-10(8)11/h3-5H,1-2H3,(H2,11,12,13). The summed E-state index contributed by atoms with van der Waals surface area (Å²) in [7, 11) is 0. The van der Waals surface area contributed by atoms with Crippen LogP contribution in [0.15, 0.2) is 18.2 Å². The Morgan fingerprint density at radius 3 is 2.69 bits per heavy atom. The van der Waals surface area contributed by atoms with E-state index in [-0.39, 0.29) is 0 Å². The van der Waals surface area contributed by atoms with Crippen molar-refractivity contribution in [2.24, 2.45) is 0 Å². The first-order valence-corrected chi connectivity index (χ1v) is 4.17. The summed E-state index contributed by atoms with van der Waals surface area (Å²) in [6.45, 7) is 3.88. The maximum atomic E-state index is 5.76. The van der Waals surface area contributed by atoms with Gasteiger partial charge in [0.1, 0.15) is 11.6 Å². The number of nitrogen functional groups attached to an aromatic ring is 1. The lowest BCUT2D eigenvalue weighted by Crippen LogP contribution is -1.97. The SMILES string of the molecule is Cc1ccc2c(N)nc(C)nc2c1. The van der Waals surface area contributed by atoms with E-state index in [0.29, 0.717) is 5.82 Å². The van der Waals surface area contributed by atoms with Crippen LogP contribution < -0.4 is 5.73 Å². The molecular formula is C10H11N3. The molecule has 0 unspecified atom stereocenters. The first-order valence-electron chi connectivity index (χ1n) is 4.17. The molecule has 3 nitrogen and oxygen atoms in total. The van der Waals surface area contributed by atoms with Gasteiger partial charge in [0, 0.05) is 5.39 Å². The zero-order valence-electron chi connectivity index (χ0n) is 7.70. The van der Waals surface area contributed by atoms with Crippen LogP contribution in [0.5, 0.6) is 0 Å². The molecule has 0 amide bonds. The van der Waals surface area contributed by atoms with Crippen molar-refractivity contribution in [1.29, 1.82) is 0 Å². The Morgan fingerprint density at radius 2 is 1.92 bits per heavy atom. The lowest BCUT2D eigenvalue weighted by molar-refractivity contribution is 1.10. The number of rotatable bonds is 0. The zero-order valence-corrected chi connectivity index (χ0v) is 7.70. The molecule has 2 N–H and O–H groups in total. The van der Waals surface area contributed by atoms with Crippen molar-refractivity contribution in [2.45, 2.75) is 13.8 Å². The molecule has 2 aromatic rings. The van der Waals surface area contributed by atoms with Gasteiger partial charge in [-0.25, -0.2) is 9.97 Å². The molecule has 0 bridgehead atoms. The van der Waals surface area contributed by atoms with Crippen LogP contribution >= 0.6 is 0 Å². The van der Waals surface area contributed by atoms with Gasteiger partial charge >= 0.3 is 0 Å². The molecule has 0 spiro atoms. The molecule has 0 saturated heterocycles. The number of hydrogen-bond acceptors (Lipinski definition) is 3. The van der Waals surface area contributed by atoms with E-state index in [2.05, 4.69) is 9.97 Å². The van der Waals surface area contributed by atoms with E-state index >= 15 is 0 Å². The highest BCUT2D eigenvalue weighted by Gasteiger charge is 2.01. The first-order chi connectivity index (χ1) is 6.16. The molecule has 0 aliphatic heterocycles. The number of aryl methyl sites for hydroxylation is 2. The summed E-state index contributed by atoms with van der Waals surface area (Å²) in [6.07, 6.45) is 0. The third-order valence-electron chi connectivity index (χ3n) is 1.99. The summed E-state index contributed by atoms with van der Waals surface area (Å²) in [5.74, 6) is 1.28. The Morgan fingerprint density at radius 1 is 1.15 bits per heavy atom. The van der Waals surface area contributed by atoms with Gasteiger partial charge in [-0.05, 0) is 31.5 Å². The van der Waals surface area contributed by atoms with Gasteiger partial charge in [-0.3, -0.25) is 0 Å². The number of nitrogens with two attached hydrogens (primary N) is 1. The molecule has 66 valence electrons. The fourth-order valence-corrected chi connectivity index (χ4v) is 1.38. The topological polar surface area (TPSA) is 51.8 Å². The van der Waals surface area contributed by atoms with Crippen molar-refractivity contribution >= 4 is 16.7 Å². The molecule has 13 heavy (non-hydrogen) atoms. The largest absolute Gasteiger partial charge is 0.383 e. The molecule has 2 rings (SSSR count). The summed E-state index contributed by atoms with van der Waals surface area (Å²) in [5.41, 5.74) is 7.86. The Balaban J connectivity index is 2.86. The lowest BCUT2D eigenvalue weighted by Gasteiger charge is -2.02. The van der Waals surface area contributed by atoms with Gasteiger partial charge in [0.05, 0.1) is 5.52 Å². The number of nitrogens with zero attached hydrogens (tertiary/aromatic N) is 2. The molecule has 0 aliphatic rings. The molecule has 3 heteroatoms. The Kier molecular flexibility index (Phi) is 1.65. The van der Waals surface area contributed by atoms with E-state index in [1.807, 2.05) is 32.0 Å². The second-order valence-electron chi connectivity index (χ2n) is 3.18. The second-order valence-corrected chi connectivity index (χ2v) is 3.18. The van der Waals surface area contributed by atoms with Crippen molar-refractivity contribution in [3.63, 3.8) is 0 Å². The van der Waals surface area contributed by atoms with Crippen LogP contribution in [-0.2, 0) is 0 Å². The minimum atomic E-state index is 0.558. The third-order valence-corrected chi connectivity index (χ3v) is 1.99. The van der Waals surface area contributed by atoms with E-state index in [1.165, 1.54) is 5.56 Å². The lowest BCUT2D eigenvalue weighted by atomic mass is 10.1. The highest BCUT2D eigenvalue weighted by atomic mass is 14.9. The van der Waals surface area contributed by atoms with Gasteiger partial charge in [0.25, 0.3) is 0 Å². The molecule has 0 saturated carbocycles. The van der Waals surface area contributed by atoms with Gasteiger partial charge < -0.3 is 5.73 Å². The quantitative estimate of drug-likeness (QED) is 0.661. The molecule has 0 fully saturated rings. The zero-order chi connectivity index (χ0) is 9.42. The smallest absolute Gasteiger partial charge is 0.135 e. The summed E-state index contributed by atoms with van der Waals surface area (Å²) in [5, 5.41) is 0.927. The highest BCUT2D eigenvalue weighted by molar-refractivity contribution is 5.88. The van der Waals surface area contributed by atoms with E-state index < -0.39 is 0 Å². The normalized spacial score (nSPS) is 10.6. The molecule has 0 aliphatic carbocycles. The number of fused-ring (bicyclic) bond motifs is 1. The monoisotopic (exact) mass is 173 g/mol. The van der Waals surface area contributed by atoms with Gasteiger partial charge in [-0.1, -0.05) is 6.07 Å². The summed E-state index contributed by atoms with van der Waals surface area (Å²) >= 11 is 0. The average molecular weight is 173 g/mol. The maximum absolute atomic E-state index is 5.76. The van der Waals surface area contributed by atoms with Crippen LogP contribution in [0.2, 0.25) is 0 Å². The number of anilines is 1. The van der Waals surface area contributed by atoms with Crippen LogP contribution in [-0.4, -0.2) is 9.97 Å². The van der Waals surface area contributed by atoms with Gasteiger partial charge in [-0.2, -0.15) is 0 Å². The minimum Gasteiger partial charge on any atom is -0.383 e. The van der Waals surface area contributed by atoms with E-state index in [1.54, 1.807) is 0 Å². The summed E-state index contributed by atoms with van der Waals surface area (Å²) < 4.78 is 0. The van der Waals surface area contributed by atoms with Crippen LogP contribution in [0.4, 0.5) is 5.82 Å². The fraction of sp³-hybridized carbons (Fsp3) is 0.200. The highest BCUT2D eigenvalue weighted by Crippen LogP contribution is 2.18. The van der Waals surface area contributed by atoms with Crippen molar-refractivity contribution in [2.75, 3.05) is 5.73 Å². The van der Waals surface area contributed by atoms with Gasteiger partial charge in [0.2, 0.25) is 0 Å². The molecular weight excluding hydrogens is 162 g/mol. The van der Waals surface area contributed by atoms with Crippen LogP contribution in [0, 0.1) is 13.8 Å². The van der Waals surface area contributed by atoms with Crippen LogP contribution in [0.3, 0.4) is 0 Å². The van der Waals surface area contributed by atoms with Gasteiger partial charge in [-0.15, -0.1) is 0 Å². The van der Waals surface area contributed by atoms with Crippen LogP contribution in [0.1, 0.15) is 11.4 Å². The first kappa shape index (κ1) is 7.98. The summed E-state index contributed by atoms with van der Waals surface area (Å²) in [6, 6.07) is 5.98. The second kappa shape index (κ2) is 2.69. The van der Waals surface area contributed by atoms with E-state index in [9.17, 15) is 0 Å². The van der Waals surface area contributed by atoms with E-state index in [0.717, 1.165) is 16.7 Å². The van der Waals surface area contributed by atoms with Crippen LogP contribution in [0.25, 0.3) is 10.9 Å². The number of aromatic nitrogens is 2. The minimum absolute atomic E-state index is 0.558. The Hall–Kier alpha value is -1.64. The Bertz CT molecular complexity index is 458. The number of benzene rings is 1. The fourth-order valence-electron chi connectivity index (χ4n) is 1.38. The van der Waals surface area contributed by atoms with E-state index in [4.69, 9.17) is 5.73 Å². The molecule has 0 radical (unpaired) electrons. The van der Waals surface area contributed by atoms with Gasteiger partial charge in [0.15, 0.2) is 0 Å². The Labute approximate surface area is 76.6 Å². The average Bonchev–Trinajstić information content (AvgIpc) is 2.02. The molecule has 1 heterocycles. The summed E-state index contributed by atoms with van der Waals surface area (Å²) in [4.78, 5) is 8.40. The predicted molar refractivity (Wildman–Crippen MR) is 53.4 cm³/mol. The molecule has 0 atom stereocenters. The molecule has 1 aromatic heterocycles. The molecule has 1 aromatic carbocycles. The predicted octanol–water partition coefficient (Wildman–Crippen LogP) is 1.83. The van der Waals surface area contributed by atoms with Crippen molar-refractivity contribution < 1.29 is 0 Å². The third kappa shape index (κ3) is 1.33. The van der Waals surface area contributed by atoms with Crippen molar-refractivity contribution in [1.82, 2.24) is 9.97 Å².